The van der Waals surface area contributed by atoms with Crippen LogP contribution >= 0.6 is 11.8 Å². The van der Waals surface area contributed by atoms with E-state index in [1.807, 2.05) is 18.1 Å². The van der Waals surface area contributed by atoms with Crippen LogP contribution in [-0.4, -0.2) is 65.9 Å². The van der Waals surface area contributed by atoms with Gasteiger partial charge in [-0.05, 0) is 96.4 Å². The molecule has 4 aliphatic carbocycles. The van der Waals surface area contributed by atoms with Gasteiger partial charge >= 0.3 is 0 Å². The maximum atomic E-state index is 13.6. The van der Waals surface area contributed by atoms with Crippen LogP contribution in [0.15, 0.2) is 46.2 Å². The predicted molar refractivity (Wildman–Crippen MR) is 157 cm³/mol. The van der Waals surface area contributed by atoms with E-state index >= 15 is 0 Å². The first-order valence-corrected chi connectivity index (χ1v) is 16.0. The number of halogens is 1. The van der Waals surface area contributed by atoms with Gasteiger partial charge in [0.05, 0.1) is 23.6 Å². The summed E-state index contributed by atoms with van der Waals surface area (Å²) in [4.78, 5) is 13.6. The summed E-state index contributed by atoms with van der Waals surface area (Å²) in [7, 11) is 1.73. The number of thioether (sulfide) groups is 1. The minimum atomic E-state index is -1.49. The average molecular weight is 595 g/mol. The number of hydrogen-bond donors (Lipinski definition) is 2. The Morgan fingerprint density at radius 3 is 2.67 bits per heavy atom. The second kappa shape index (κ2) is 9.43. The van der Waals surface area contributed by atoms with Gasteiger partial charge < -0.3 is 10.2 Å². The number of hydrogen-bond acceptors (Lipinski definition) is 9. The summed E-state index contributed by atoms with van der Waals surface area (Å²) in [6.45, 7) is 6.59. The van der Waals surface area contributed by atoms with Crippen molar-refractivity contribution in [2.45, 2.75) is 82.2 Å². The molecule has 0 amide bonds. The molecule has 3 fully saturated rings. The number of aryl methyl sites for hydroxylation is 1. The fourth-order valence-electron chi connectivity index (χ4n) is 9.87. The van der Waals surface area contributed by atoms with E-state index in [9.17, 15) is 19.4 Å². The molecule has 2 aromatic rings. The number of aliphatic hydroxyl groups excluding tert-OH is 1. The highest BCUT2D eigenvalue weighted by atomic mass is 32.2. The van der Waals surface area contributed by atoms with Gasteiger partial charge in [-0.25, -0.2) is 9.07 Å². The Bertz CT molecular complexity index is 1480. The molecule has 0 saturated heterocycles. The highest BCUT2D eigenvalue weighted by Gasteiger charge is 2.69. The largest absolute Gasteiger partial charge is 0.393 e. The van der Waals surface area contributed by atoms with Crippen molar-refractivity contribution >= 4 is 29.4 Å². The SMILES string of the molecule is Cn1nnnc1SCC(=O)[C@@]1(O)CCC2C3CCC4=CC5N(c6ccc(F)cc6)N=CC5(C)CC4(C)C3[C@@H](O)CC21C. The van der Waals surface area contributed by atoms with E-state index in [1.54, 1.807) is 19.2 Å². The second-order valence-corrected chi connectivity index (χ2v) is 15.0. The van der Waals surface area contributed by atoms with Crippen LogP contribution in [0.4, 0.5) is 10.1 Å². The molecule has 1 aromatic carbocycles. The molecule has 1 aromatic heterocycles. The highest BCUT2D eigenvalue weighted by molar-refractivity contribution is 7.99. The van der Waals surface area contributed by atoms with E-state index in [0.717, 1.165) is 31.4 Å². The van der Waals surface area contributed by atoms with E-state index in [0.29, 0.717) is 18.0 Å². The summed E-state index contributed by atoms with van der Waals surface area (Å²) in [6, 6.07) is 6.53. The number of fused-ring (bicyclic) bond motifs is 6. The van der Waals surface area contributed by atoms with E-state index in [1.165, 1.54) is 34.1 Å². The first-order valence-electron chi connectivity index (χ1n) is 15.0. The van der Waals surface area contributed by atoms with Crippen molar-refractivity contribution in [1.29, 1.82) is 0 Å². The van der Waals surface area contributed by atoms with Crippen LogP contribution in [0, 0.1) is 39.8 Å². The molecule has 1 aliphatic heterocycles. The quantitative estimate of drug-likeness (QED) is 0.392. The molecule has 7 unspecified atom stereocenters. The maximum Gasteiger partial charge on any atom is 0.209 e. The Hall–Kier alpha value is -2.63. The van der Waals surface area contributed by atoms with Crippen molar-refractivity contribution in [3.8, 4) is 0 Å². The molecule has 2 N–H and O–H groups in total. The zero-order chi connectivity index (χ0) is 29.7. The van der Waals surface area contributed by atoms with Gasteiger partial charge in [-0.1, -0.05) is 44.2 Å². The number of aromatic nitrogens is 4. The number of nitrogens with zero attached hydrogens (tertiary/aromatic N) is 6. The molecule has 9 nitrogen and oxygen atoms in total. The molecule has 3 saturated carbocycles. The summed E-state index contributed by atoms with van der Waals surface area (Å²) in [5.41, 5.74) is -0.420. The van der Waals surface area contributed by atoms with Crippen molar-refractivity contribution in [1.82, 2.24) is 20.2 Å². The van der Waals surface area contributed by atoms with Crippen molar-refractivity contribution in [2.24, 2.45) is 46.1 Å². The van der Waals surface area contributed by atoms with Gasteiger partial charge in [0.1, 0.15) is 11.4 Å². The summed E-state index contributed by atoms with van der Waals surface area (Å²) in [5.74, 6) is 0.0231. The number of carbonyl (C=O) groups is 1. The number of benzene rings is 1. The molecule has 0 bridgehead atoms. The Morgan fingerprint density at radius 2 is 1.95 bits per heavy atom. The van der Waals surface area contributed by atoms with Crippen molar-refractivity contribution in [3.05, 3.63) is 41.7 Å². The third-order valence-corrected chi connectivity index (χ3v) is 12.8. The molecule has 0 radical (unpaired) electrons. The Kier molecular flexibility index (Phi) is 6.32. The van der Waals surface area contributed by atoms with Crippen LogP contribution in [0.2, 0.25) is 0 Å². The minimum Gasteiger partial charge on any atom is -0.393 e. The number of Topliss-reactive ketones (excluding diaryl/α,β-unsaturated/α-hetero) is 1. The Labute approximate surface area is 249 Å². The van der Waals surface area contributed by atoms with Crippen LogP contribution in [0.25, 0.3) is 0 Å². The summed E-state index contributed by atoms with van der Waals surface area (Å²) in [5, 5.41) is 42.8. The second-order valence-electron chi connectivity index (χ2n) is 14.0. The minimum absolute atomic E-state index is 0.0318. The molecule has 2 heterocycles. The lowest BCUT2D eigenvalue weighted by Gasteiger charge is -2.62. The van der Waals surface area contributed by atoms with Crippen molar-refractivity contribution in [2.75, 3.05) is 10.8 Å². The number of anilines is 1. The van der Waals surface area contributed by atoms with Gasteiger partial charge in [-0.3, -0.25) is 9.80 Å². The monoisotopic (exact) mass is 594 g/mol. The standard InChI is InChI=1S/C31H39FN6O3S/c1-28-16-29(2)18(13-24(28)38(33-17-28)20-8-6-19(32)7-9-20)5-10-21-22-11-12-31(41,30(22,3)14-23(39)26(21)29)25(40)15-42-27-34-35-36-37(27)4/h6-9,13,17,21-24,26,39,41H,5,10-12,14-16H2,1-4H3/t21?,22?,23-,24?,26?,28?,29?,30?,31-/m0/s1. The highest BCUT2D eigenvalue weighted by Crippen LogP contribution is 2.69. The van der Waals surface area contributed by atoms with Crippen LogP contribution in [0.1, 0.15) is 59.3 Å². The molecule has 9 atom stereocenters. The number of hydrazone groups is 1. The van der Waals surface area contributed by atoms with Crippen LogP contribution in [0.3, 0.4) is 0 Å². The smallest absolute Gasteiger partial charge is 0.209 e. The lowest BCUT2D eigenvalue weighted by molar-refractivity contribution is -0.180. The summed E-state index contributed by atoms with van der Waals surface area (Å²) >= 11 is 1.24. The number of rotatable bonds is 5. The normalized spacial score (nSPS) is 42.0. The molecular formula is C31H39FN6O3S. The molecule has 11 heteroatoms. The lowest BCUT2D eigenvalue weighted by atomic mass is 9.43. The first kappa shape index (κ1) is 28.2. The van der Waals surface area contributed by atoms with Gasteiger partial charge in [-0.15, -0.1) is 5.10 Å². The van der Waals surface area contributed by atoms with Gasteiger partial charge in [0, 0.05) is 24.1 Å². The number of carbonyl (C=O) groups excluding carboxylic acids is 1. The molecule has 0 spiro atoms. The van der Waals surface area contributed by atoms with E-state index in [4.69, 9.17) is 5.10 Å². The molecule has 7 rings (SSSR count). The number of aliphatic hydroxyl groups is 2. The average Bonchev–Trinajstić information content (AvgIpc) is 3.58. The third-order valence-electron chi connectivity index (χ3n) is 11.8. The van der Waals surface area contributed by atoms with Gasteiger partial charge in [-0.2, -0.15) is 5.10 Å². The third kappa shape index (κ3) is 3.85. The van der Waals surface area contributed by atoms with Crippen molar-refractivity contribution in [3.63, 3.8) is 0 Å². The van der Waals surface area contributed by atoms with E-state index in [-0.39, 0.29) is 52.0 Å². The summed E-state index contributed by atoms with van der Waals surface area (Å²) in [6.07, 6.45) is 8.06. The molecule has 42 heavy (non-hydrogen) atoms. The predicted octanol–water partition coefficient (Wildman–Crippen LogP) is 4.17. The van der Waals surface area contributed by atoms with Gasteiger partial charge in [0.15, 0.2) is 5.78 Å². The van der Waals surface area contributed by atoms with Crippen LogP contribution in [-0.2, 0) is 11.8 Å². The van der Waals surface area contributed by atoms with Gasteiger partial charge in [0.25, 0.3) is 0 Å². The zero-order valence-electron chi connectivity index (χ0n) is 24.6. The molecule has 5 aliphatic rings. The Balaban J connectivity index is 1.16. The van der Waals surface area contributed by atoms with E-state index < -0.39 is 17.1 Å². The number of allylic oxidation sites excluding steroid dienone is 1. The topological polar surface area (TPSA) is 117 Å². The number of tetrazole rings is 1. The summed E-state index contributed by atoms with van der Waals surface area (Å²) < 4.78 is 15.2. The zero-order valence-corrected chi connectivity index (χ0v) is 25.4. The fraction of sp³-hybridized carbons (Fsp3) is 0.645. The lowest BCUT2D eigenvalue weighted by Crippen LogP contribution is -2.63. The van der Waals surface area contributed by atoms with Gasteiger partial charge in [0.2, 0.25) is 5.16 Å². The van der Waals surface area contributed by atoms with E-state index in [2.05, 4.69) is 35.4 Å². The molecular weight excluding hydrogens is 555 g/mol. The molecule has 224 valence electrons. The maximum absolute atomic E-state index is 13.6. The fourth-order valence-corrected chi connectivity index (χ4v) is 10.7. The van der Waals surface area contributed by atoms with Crippen LogP contribution < -0.4 is 5.01 Å². The van der Waals surface area contributed by atoms with Crippen LogP contribution in [0.5, 0.6) is 0 Å². The Morgan fingerprint density at radius 1 is 1.19 bits per heavy atom. The van der Waals surface area contributed by atoms with Crippen molar-refractivity contribution < 1.29 is 19.4 Å². The number of ketones is 1. The first-order chi connectivity index (χ1) is 19.9.